The molecule has 3 N–H and O–H groups in total. The van der Waals surface area contributed by atoms with Crippen molar-refractivity contribution >= 4 is 5.97 Å². The number of hydrazine groups is 1. The van der Waals surface area contributed by atoms with Crippen molar-refractivity contribution in [3.05, 3.63) is 0 Å². The Labute approximate surface area is 212 Å². The van der Waals surface area contributed by atoms with E-state index in [2.05, 4.69) is 37.5 Å². The molecule has 3 unspecified atom stereocenters. The molecule has 1 heterocycles. The van der Waals surface area contributed by atoms with Crippen LogP contribution in [0.5, 0.6) is 0 Å². The van der Waals surface area contributed by atoms with Crippen molar-refractivity contribution in [2.45, 2.75) is 116 Å². The summed E-state index contributed by atoms with van der Waals surface area (Å²) >= 11 is 0. The normalized spacial score (nSPS) is 44.0. The molecule has 5 nitrogen and oxygen atoms in total. The molecule has 0 aromatic rings. The predicted molar refractivity (Wildman–Crippen MR) is 138 cm³/mol. The largest absolute Gasteiger partial charge is 0.466 e. The van der Waals surface area contributed by atoms with E-state index in [9.17, 15) is 9.90 Å². The summed E-state index contributed by atoms with van der Waals surface area (Å²) in [6, 6.07) is 0. The molecule has 4 saturated carbocycles. The van der Waals surface area contributed by atoms with Crippen LogP contribution in [0.4, 0.5) is 0 Å². The topological polar surface area (TPSA) is 90.4 Å². The number of carbonyl (C=O) groups is 1. The first-order chi connectivity index (χ1) is 16.7. The minimum atomic E-state index is -0.133. The highest BCUT2D eigenvalue weighted by atomic mass is 16.5. The Hall–Kier alpha value is -1.09. The summed E-state index contributed by atoms with van der Waals surface area (Å²) in [5, 5.41) is 10.5. The molecule has 5 fully saturated rings. The summed E-state index contributed by atoms with van der Waals surface area (Å²) in [4.78, 5) is 12.3. The smallest absolute Gasteiger partial charge is 0.305 e. The fraction of sp³-hybridized carbons (Fsp3) is 0.900. The number of terminal acetylenes is 1. The van der Waals surface area contributed by atoms with Crippen LogP contribution in [0.25, 0.3) is 0 Å². The van der Waals surface area contributed by atoms with E-state index in [-0.39, 0.29) is 17.7 Å². The van der Waals surface area contributed by atoms with Gasteiger partial charge in [-0.25, -0.2) is 10.9 Å². The second-order valence-electron chi connectivity index (χ2n) is 13.4. The molecular weight excluding hydrogens is 436 g/mol. The maximum Gasteiger partial charge on any atom is 0.305 e. The van der Waals surface area contributed by atoms with E-state index in [4.69, 9.17) is 11.2 Å². The fourth-order valence-electron chi connectivity index (χ4n) is 9.89. The molecule has 4 aliphatic carbocycles. The van der Waals surface area contributed by atoms with Gasteiger partial charge in [0.25, 0.3) is 0 Å². The predicted octanol–water partition coefficient (Wildman–Crippen LogP) is 5.18. The van der Waals surface area contributed by atoms with Gasteiger partial charge in [-0.15, -0.1) is 12.3 Å². The molecule has 5 aliphatic rings. The highest BCUT2D eigenvalue weighted by Crippen LogP contribution is 2.70. The maximum absolute atomic E-state index is 12.3. The van der Waals surface area contributed by atoms with Gasteiger partial charge in [-0.2, -0.15) is 0 Å². The quantitative estimate of drug-likeness (QED) is 0.191. The molecule has 196 valence electrons. The standard InChI is InChI=1S/C30H48N2O3/c1-5-6-7-8-17-35-27(34)12-9-20(2)23-10-11-24-22-19-30(31-32-30)26-18-21(33)13-15-29(26,4)25(22)14-16-28(23,24)3/h1,20-26,31-33H,6-19H2,2-4H3/t20-,21+,22?,23-,24?,25?,26-,28-,29-/m1/s1. The molecule has 5 heteroatoms. The number of hydrogen-bond donors (Lipinski definition) is 3. The van der Waals surface area contributed by atoms with Crippen LogP contribution in [0.3, 0.4) is 0 Å². The lowest BCUT2D eigenvalue weighted by Gasteiger charge is -2.62. The Balaban J connectivity index is 1.21. The van der Waals surface area contributed by atoms with Crippen molar-refractivity contribution in [2.75, 3.05) is 6.61 Å². The van der Waals surface area contributed by atoms with Crippen molar-refractivity contribution < 1.29 is 14.6 Å². The number of carbonyl (C=O) groups excluding carboxylic acids is 1. The number of esters is 1. The minimum Gasteiger partial charge on any atom is -0.466 e. The Kier molecular flexibility index (Phi) is 7.05. The van der Waals surface area contributed by atoms with E-state index in [1.165, 1.54) is 38.5 Å². The van der Waals surface area contributed by atoms with Crippen molar-refractivity contribution in [1.29, 1.82) is 0 Å². The van der Waals surface area contributed by atoms with E-state index < -0.39 is 0 Å². The summed E-state index contributed by atoms with van der Waals surface area (Å²) in [7, 11) is 0. The van der Waals surface area contributed by atoms with Gasteiger partial charge in [0.05, 0.1) is 18.4 Å². The second kappa shape index (κ2) is 9.66. The van der Waals surface area contributed by atoms with Gasteiger partial charge in [0.2, 0.25) is 0 Å². The maximum atomic E-state index is 12.3. The number of aliphatic hydroxyl groups excluding tert-OH is 1. The second-order valence-corrected chi connectivity index (χ2v) is 13.4. The SMILES string of the molecule is C#CCCCCOC(=O)CC[C@@H](C)[C@H]1CCC2C3CC4(NN4)[C@@H]4C[C@@H](O)CC[C@]4(C)C3CC[C@@]21C. The Morgan fingerprint density at radius 2 is 1.86 bits per heavy atom. The monoisotopic (exact) mass is 484 g/mol. The molecule has 9 atom stereocenters. The first-order valence-electron chi connectivity index (χ1n) is 14.5. The van der Waals surface area contributed by atoms with Crippen LogP contribution >= 0.6 is 0 Å². The van der Waals surface area contributed by atoms with Crippen LogP contribution in [0, 0.1) is 58.7 Å². The zero-order valence-electron chi connectivity index (χ0n) is 22.3. The number of hydrogen-bond acceptors (Lipinski definition) is 5. The highest BCUT2D eigenvalue weighted by molar-refractivity contribution is 5.69. The van der Waals surface area contributed by atoms with E-state index in [0.717, 1.165) is 56.3 Å². The molecule has 0 bridgehead atoms. The number of nitrogens with one attached hydrogen (secondary N) is 2. The number of aliphatic hydroxyl groups is 1. The van der Waals surface area contributed by atoms with Crippen LogP contribution in [0.15, 0.2) is 0 Å². The number of ether oxygens (including phenoxy) is 1. The summed E-state index contributed by atoms with van der Waals surface area (Å²) in [5.41, 5.74) is 7.95. The third-order valence-electron chi connectivity index (χ3n) is 11.7. The van der Waals surface area contributed by atoms with Gasteiger partial charge in [0.1, 0.15) is 0 Å². The molecular formula is C30H48N2O3. The van der Waals surface area contributed by atoms with Gasteiger partial charge >= 0.3 is 5.97 Å². The Morgan fingerprint density at radius 3 is 2.60 bits per heavy atom. The third kappa shape index (κ3) is 4.47. The molecule has 1 spiro atoms. The van der Waals surface area contributed by atoms with Gasteiger partial charge in [-0.1, -0.05) is 20.8 Å². The number of rotatable bonds is 8. The third-order valence-corrected chi connectivity index (χ3v) is 11.7. The summed E-state index contributed by atoms with van der Waals surface area (Å²) < 4.78 is 5.46. The lowest BCUT2D eigenvalue weighted by molar-refractivity contribution is -0.147. The van der Waals surface area contributed by atoms with Crippen LogP contribution < -0.4 is 10.9 Å². The fourth-order valence-corrected chi connectivity index (χ4v) is 9.89. The average molecular weight is 485 g/mol. The summed E-state index contributed by atoms with van der Waals surface area (Å²) in [6.07, 6.45) is 18.8. The van der Waals surface area contributed by atoms with Crippen LogP contribution in [-0.2, 0) is 9.53 Å². The zero-order chi connectivity index (χ0) is 24.8. The Bertz CT molecular complexity index is 834. The van der Waals surface area contributed by atoms with E-state index in [1.807, 2.05) is 0 Å². The van der Waals surface area contributed by atoms with Gasteiger partial charge in [0, 0.05) is 18.8 Å². The van der Waals surface area contributed by atoms with Crippen LogP contribution in [0.1, 0.15) is 104 Å². The molecule has 0 aromatic carbocycles. The average Bonchev–Trinajstić information content (AvgIpc) is 3.50. The molecule has 0 aromatic heterocycles. The van der Waals surface area contributed by atoms with Crippen molar-refractivity contribution in [2.24, 2.45) is 46.3 Å². The molecule has 0 amide bonds. The minimum absolute atomic E-state index is 0.0421. The van der Waals surface area contributed by atoms with E-state index >= 15 is 0 Å². The van der Waals surface area contributed by atoms with Crippen molar-refractivity contribution in [1.82, 2.24) is 10.9 Å². The molecule has 1 saturated heterocycles. The first kappa shape index (κ1) is 25.6. The van der Waals surface area contributed by atoms with Gasteiger partial charge in [0.15, 0.2) is 0 Å². The van der Waals surface area contributed by atoms with E-state index in [1.54, 1.807) is 0 Å². The van der Waals surface area contributed by atoms with Crippen LogP contribution in [-0.4, -0.2) is 29.4 Å². The highest BCUT2D eigenvalue weighted by Gasteiger charge is 2.69. The number of unbranched alkanes of at least 4 members (excludes halogenated alkanes) is 2. The van der Waals surface area contributed by atoms with Crippen LogP contribution in [0.2, 0.25) is 0 Å². The van der Waals surface area contributed by atoms with Crippen molar-refractivity contribution in [3.63, 3.8) is 0 Å². The zero-order valence-corrected chi connectivity index (χ0v) is 22.3. The summed E-state index contributed by atoms with van der Waals surface area (Å²) in [6.45, 7) is 8.03. The lowest BCUT2D eigenvalue weighted by atomic mass is 9.42. The van der Waals surface area contributed by atoms with Gasteiger partial charge in [-0.3, -0.25) is 4.79 Å². The first-order valence-corrected chi connectivity index (χ1v) is 14.5. The van der Waals surface area contributed by atoms with Gasteiger partial charge < -0.3 is 9.84 Å². The molecule has 5 rings (SSSR count). The molecule has 0 radical (unpaired) electrons. The van der Waals surface area contributed by atoms with Gasteiger partial charge in [-0.05, 0) is 111 Å². The van der Waals surface area contributed by atoms with E-state index in [0.29, 0.717) is 41.6 Å². The number of fused-ring (bicyclic) bond motifs is 6. The van der Waals surface area contributed by atoms with Crippen molar-refractivity contribution in [3.8, 4) is 12.3 Å². The lowest BCUT2D eigenvalue weighted by Crippen LogP contribution is -2.61. The molecule has 35 heavy (non-hydrogen) atoms. The molecule has 1 aliphatic heterocycles. The Morgan fingerprint density at radius 1 is 1.11 bits per heavy atom. The summed E-state index contributed by atoms with van der Waals surface area (Å²) in [5.74, 6) is 6.72.